The number of benzene rings is 1. The van der Waals surface area contributed by atoms with E-state index in [1.54, 1.807) is 20.8 Å². The van der Waals surface area contributed by atoms with Gasteiger partial charge in [0.05, 0.1) is 25.6 Å². The number of phenolic OH excluding ortho intramolecular Hbond substituents is 1. The summed E-state index contributed by atoms with van der Waals surface area (Å²) in [4.78, 5) is 50.8. The van der Waals surface area contributed by atoms with Crippen molar-refractivity contribution in [2.75, 3.05) is 13.7 Å². The van der Waals surface area contributed by atoms with Crippen molar-refractivity contribution in [2.24, 2.45) is 0 Å². The summed E-state index contributed by atoms with van der Waals surface area (Å²) in [5.41, 5.74) is -2.48. The second-order valence-corrected chi connectivity index (χ2v) is 9.14. The molecule has 1 aromatic rings. The van der Waals surface area contributed by atoms with E-state index in [2.05, 4.69) is 5.32 Å². The zero-order valence-corrected chi connectivity index (χ0v) is 18.3. The van der Waals surface area contributed by atoms with Crippen LogP contribution in [0.4, 0.5) is 4.79 Å². The van der Waals surface area contributed by atoms with Gasteiger partial charge in [-0.2, -0.15) is 0 Å². The molecule has 2 unspecified atom stereocenters. The average Bonchev–Trinajstić information content (AvgIpc) is 3.13. The fraction of sp³-hybridized carbons (Fsp3) is 0.545. The number of hydrogen-bond acceptors (Lipinski definition) is 9. The van der Waals surface area contributed by atoms with Crippen LogP contribution < -0.4 is 14.8 Å². The van der Waals surface area contributed by atoms with Gasteiger partial charge in [-0.25, -0.2) is 4.79 Å². The standard InChI is InChI=1S/C22H25NO9/c1-20(2,3)32-19(28)23-10-12(25)16-11(24)8-13(29-4)18-17(16)21-9-15(27)30-22(21,31-18)7-5-6-14(21)26/h8,24H,5-7,9-10H2,1-4H3,(H,23,28). The van der Waals surface area contributed by atoms with Crippen LogP contribution in [-0.4, -0.2) is 53.8 Å². The number of carbonyl (C=O) groups is 4. The molecular formula is C22H25NO9. The highest BCUT2D eigenvalue weighted by Gasteiger charge is 2.74. The number of amides is 1. The number of nitrogens with one attached hydrogen (secondary N) is 1. The van der Waals surface area contributed by atoms with Crippen molar-refractivity contribution in [1.29, 1.82) is 0 Å². The Hall–Kier alpha value is -3.30. The summed E-state index contributed by atoms with van der Waals surface area (Å²) in [5, 5.41) is 13.1. The normalized spacial score (nSPS) is 25.8. The maximum Gasteiger partial charge on any atom is 0.408 e. The molecule has 4 rings (SSSR count). The lowest BCUT2D eigenvalue weighted by Crippen LogP contribution is -2.56. The lowest BCUT2D eigenvalue weighted by Gasteiger charge is -2.38. The number of alkyl carbamates (subject to hydrolysis) is 1. The number of Topliss-reactive ketones (excluding diaryl/α,β-unsaturated/α-hetero) is 2. The predicted octanol–water partition coefficient (Wildman–Crippen LogP) is 2.13. The zero-order valence-electron chi connectivity index (χ0n) is 18.3. The monoisotopic (exact) mass is 447 g/mol. The Morgan fingerprint density at radius 3 is 2.62 bits per heavy atom. The summed E-state index contributed by atoms with van der Waals surface area (Å²) in [6.07, 6.45) is -0.256. The van der Waals surface area contributed by atoms with Gasteiger partial charge in [-0.15, -0.1) is 0 Å². The first kappa shape index (κ1) is 21.9. The Bertz CT molecular complexity index is 1040. The van der Waals surface area contributed by atoms with Crippen LogP contribution in [0.15, 0.2) is 6.07 Å². The van der Waals surface area contributed by atoms with Crippen LogP contribution in [0.1, 0.15) is 62.4 Å². The van der Waals surface area contributed by atoms with E-state index >= 15 is 0 Å². The molecule has 172 valence electrons. The van der Waals surface area contributed by atoms with E-state index in [4.69, 9.17) is 18.9 Å². The number of fused-ring (bicyclic) bond motifs is 1. The highest BCUT2D eigenvalue weighted by Crippen LogP contribution is 2.64. The third kappa shape index (κ3) is 3.08. The molecule has 32 heavy (non-hydrogen) atoms. The van der Waals surface area contributed by atoms with Gasteiger partial charge >= 0.3 is 12.1 Å². The van der Waals surface area contributed by atoms with Crippen LogP contribution >= 0.6 is 0 Å². The minimum Gasteiger partial charge on any atom is -0.507 e. The number of hydrogen-bond donors (Lipinski definition) is 2. The SMILES string of the molecule is COc1cc(O)c(C(=O)CNC(=O)OC(C)(C)C)c2c1OC13CCCC(=O)C21CC(=O)O3. The molecule has 2 aliphatic heterocycles. The molecule has 10 heteroatoms. The summed E-state index contributed by atoms with van der Waals surface area (Å²) >= 11 is 0. The van der Waals surface area contributed by atoms with Gasteiger partial charge in [0.25, 0.3) is 5.79 Å². The van der Waals surface area contributed by atoms with Crippen LogP contribution in [0.5, 0.6) is 17.2 Å². The fourth-order valence-electron chi connectivity index (χ4n) is 4.79. The number of esters is 1. The van der Waals surface area contributed by atoms with E-state index < -0.39 is 46.9 Å². The molecule has 1 amide bonds. The van der Waals surface area contributed by atoms with E-state index in [0.717, 1.165) is 0 Å². The van der Waals surface area contributed by atoms with Gasteiger partial charge in [-0.1, -0.05) is 0 Å². The molecule has 0 bridgehead atoms. The topological polar surface area (TPSA) is 137 Å². The quantitative estimate of drug-likeness (QED) is 0.525. The number of ketones is 2. The number of rotatable bonds is 4. The van der Waals surface area contributed by atoms with Gasteiger partial charge in [0.2, 0.25) is 0 Å². The lowest BCUT2D eigenvalue weighted by atomic mass is 9.63. The summed E-state index contributed by atoms with van der Waals surface area (Å²) in [7, 11) is 1.35. The van der Waals surface area contributed by atoms with E-state index in [0.29, 0.717) is 6.42 Å². The third-order valence-corrected chi connectivity index (χ3v) is 5.93. The van der Waals surface area contributed by atoms with Gasteiger partial charge in [-0.3, -0.25) is 14.4 Å². The Morgan fingerprint density at radius 2 is 1.97 bits per heavy atom. The predicted molar refractivity (Wildman–Crippen MR) is 108 cm³/mol. The highest BCUT2D eigenvalue weighted by molar-refractivity contribution is 6.09. The first-order valence-corrected chi connectivity index (χ1v) is 10.3. The number of ether oxygens (including phenoxy) is 4. The summed E-state index contributed by atoms with van der Waals surface area (Å²) in [5.74, 6) is -3.48. The Balaban J connectivity index is 1.80. The lowest BCUT2D eigenvalue weighted by molar-refractivity contribution is -0.194. The molecule has 0 radical (unpaired) electrons. The van der Waals surface area contributed by atoms with Gasteiger partial charge in [-0.05, 0) is 27.2 Å². The Morgan fingerprint density at radius 1 is 1.25 bits per heavy atom. The Kier molecular flexibility index (Phi) is 4.87. The molecule has 3 aliphatic rings. The van der Waals surface area contributed by atoms with Crippen LogP contribution in [0.3, 0.4) is 0 Å². The first-order valence-electron chi connectivity index (χ1n) is 10.3. The molecule has 1 aromatic carbocycles. The molecule has 10 nitrogen and oxygen atoms in total. The molecule has 2 atom stereocenters. The third-order valence-electron chi connectivity index (χ3n) is 5.93. The van der Waals surface area contributed by atoms with Crippen LogP contribution in [0.25, 0.3) is 0 Å². The minimum atomic E-state index is -1.59. The molecule has 1 saturated heterocycles. The van der Waals surface area contributed by atoms with Gasteiger partial charge in [0, 0.05) is 24.5 Å². The van der Waals surface area contributed by atoms with E-state index in [9.17, 15) is 24.3 Å². The zero-order chi connectivity index (χ0) is 23.5. The largest absolute Gasteiger partial charge is 0.507 e. The second kappa shape index (κ2) is 7.11. The maximum atomic E-state index is 13.3. The summed E-state index contributed by atoms with van der Waals surface area (Å²) in [6, 6.07) is 1.20. The highest BCUT2D eigenvalue weighted by atomic mass is 16.7. The molecule has 0 aromatic heterocycles. The van der Waals surface area contributed by atoms with Gasteiger partial charge < -0.3 is 29.4 Å². The van der Waals surface area contributed by atoms with Crippen LogP contribution in [0.2, 0.25) is 0 Å². The average molecular weight is 447 g/mol. The molecule has 2 N–H and O–H groups in total. The van der Waals surface area contributed by atoms with Crippen LogP contribution in [0, 0.1) is 0 Å². The smallest absolute Gasteiger partial charge is 0.408 e. The van der Waals surface area contributed by atoms with Crippen molar-refractivity contribution < 1.29 is 43.2 Å². The fourth-order valence-corrected chi connectivity index (χ4v) is 4.79. The van der Waals surface area contributed by atoms with Crippen molar-refractivity contribution in [3.05, 3.63) is 17.2 Å². The van der Waals surface area contributed by atoms with E-state index in [1.807, 2.05) is 0 Å². The second-order valence-electron chi connectivity index (χ2n) is 9.14. The van der Waals surface area contributed by atoms with Crippen LogP contribution in [-0.2, 0) is 24.5 Å². The van der Waals surface area contributed by atoms with E-state index in [1.165, 1.54) is 13.2 Å². The number of aromatic hydroxyl groups is 1. The van der Waals surface area contributed by atoms with Crippen molar-refractivity contribution in [3.8, 4) is 17.2 Å². The maximum absolute atomic E-state index is 13.3. The molecule has 1 saturated carbocycles. The molecule has 1 aliphatic carbocycles. The van der Waals surface area contributed by atoms with Crippen molar-refractivity contribution >= 4 is 23.6 Å². The van der Waals surface area contributed by atoms with Crippen molar-refractivity contribution in [3.63, 3.8) is 0 Å². The molecule has 0 spiro atoms. The molecular weight excluding hydrogens is 422 g/mol. The molecule has 2 heterocycles. The number of methoxy groups -OCH3 is 1. The van der Waals surface area contributed by atoms with Crippen molar-refractivity contribution in [1.82, 2.24) is 5.32 Å². The number of phenols is 1. The van der Waals surface area contributed by atoms with E-state index in [-0.39, 0.29) is 47.7 Å². The minimum absolute atomic E-state index is 0.0703. The summed E-state index contributed by atoms with van der Waals surface area (Å²) < 4.78 is 22.0. The Labute approximate surface area is 184 Å². The van der Waals surface area contributed by atoms with Gasteiger partial charge in [0.1, 0.15) is 16.8 Å². The molecule has 2 fully saturated rings. The van der Waals surface area contributed by atoms with Crippen molar-refractivity contribution in [2.45, 2.75) is 63.3 Å². The number of carbonyl (C=O) groups excluding carboxylic acids is 4. The van der Waals surface area contributed by atoms with Gasteiger partial charge in [0.15, 0.2) is 23.1 Å². The first-order chi connectivity index (χ1) is 14.9. The summed E-state index contributed by atoms with van der Waals surface area (Å²) in [6.45, 7) is 4.53.